The second-order valence-electron chi connectivity index (χ2n) is 4.95. The van der Waals surface area contributed by atoms with Crippen molar-refractivity contribution in [1.29, 1.82) is 0 Å². The number of nitrogens with one attached hydrogen (secondary N) is 1. The Hall–Kier alpha value is -0.890. The minimum Gasteiger partial charge on any atom is -0.310 e. The van der Waals surface area contributed by atoms with Gasteiger partial charge in [0, 0.05) is 6.04 Å². The molecule has 2 heteroatoms. The number of rotatable bonds is 1. The molecule has 86 valence electrons. The normalized spacial score (nSPS) is 24.4. The van der Waals surface area contributed by atoms with Gasteiger partial charge < -0.3 is 5.32 Å². The smallest absolute Gasteiger partial charge is 0.126 e. The Morgan fingerprint density at radius 2 is 1.88 bits per heavy atom. The summed E-state index contributed by atoms with van der Waals surface area (Å²) in [6.07, 6.45) is 6.82. The lowest BCUT2D eigenvalue weighted by molar-refractivity contribution is 0.562. The summed E-state index contributed by atoms with van der Waals surface area (Å²) in [5.41, 5.74) is 3.68. The van der Waals surface area contributed by atoms with Gasteiger partial charge in [-0.25, -0.2) is 4.39 Å². The van der Waals surface area contributed by atoms with E-state index in [4.69, 9.17) is 0 Å². The van der Waals surface area contributed by atoms with Gasteiger partial charge in [-0.1, -0.05) is 6.07 Å². The predicted molar refractivity (Wildman–Crippen MR) is 63.0 cm³/mol. The van der Waals surface area contributed by atoms with Crippen LogP contribution in [0.25, 0.3) is 0 Å². The van der Waals surface area contributed by atoms with Crippen molar-refractivity contribution >= 4 is 0 Å². The first-order valence-corrected chi connectivity index (χ1v) is 6.40. The summed E-state index contributed by atoms with van der Waals surface area (Å²) in [7, 11) is 0. The number of fused-ring (bicyclic) bond motifs is 1. The predicted octanol–water partition coefficient (Wildman–Crippen LogP) is 3.13. The highest BCUT2D eigenvalue weighted by Crippen LogP contribution is 2.33. The molecule has 1 N–H and O–H groups in total. The molecule has 3 rings (SSSR count). The van der Waals surface area contributed by atoms with E-state index in [0.717, 1.165) is 31.4 Å². The fourth-order valence-electron chi connectivity index (χ4n) is 3.13. The molecule has 0 saturated carbocycles. The maximum absolute atomic E-state index is 13.7. The number of halogens is 1. The summed E-state index contributed by atoms with van der Waals surface area (Å²) >= 11 is 0. The van der Waals surface area contributed by atoms with Gasteiger partial charge in [0.2, 0.25) is 0 Å². The van der Waals surface area contributed by atoms with Crippen molar-refractivity contribution in [2.75, 3.05) is 6.54 Å². The van der Waals surface area contributed by atoms with Crippen LogP contribution in [0.3, 0.4) is 0 Å². The second kappa shape index (κ2) is 4.17. The lowest BCUT2D eigenvalue weighted by Gasteiger charge is -2.23. The maximum atomic E-state index is 13.7. The zero-order chi connectivity index (χ0) is 11.0. The van der Waals surface area contributed by atoms with Crippen LogP contribution >= 0.6 is 0 Å². The summed E-state index contributed by atoms with van der Waals surface area (Å²) < 4.78 is 13.7. The molecule has 1 aromatic carbocycles. The van der Waals surface area contributed by atoms with Crippen LogP contribution in [-0.4, -0.2) is 6.54 Å². The summed E-state index contributed by atoms with van der Waals surface area (Å²) in [5.74, 6) is 0.0106. The molecule has 0 bridgehead atoms. The Labute approximate surface area is 96.1 Å². The van der Waals surface area contributed by atoms with Gasteiger partial charge in [-0.3, -0.25) is 0 Å². The third-order valence-corrected chi connectivity index (χ3v) is 3.95. The zero-order valence-corrected chi connectivity index (χ0v) is 9.56. The van der Waals surface area contributed by atoms with Crippen molar-refractivity contribution in [3.8, 4) is 0 Å². The van der Waals surface area contributed by atoms with E-state index >= 15 is 0 Å². The highest BCUT2D eigenvalue weighted by atomic mass is 19.1. The van der Waals surface area contributed by atoms with E-state index < -0.39 is 0 Å². The Morgan fingerprint density at radius 1 is 1.06 bits per heavy atom. The lowest BCUT2D eigenvalue weighted by Crippen LogP contribution is -2.18. The van der Waals surface area contributed by atoms with Gasteiger partial charge in [-0.05, 0) is 67.8 Å². The van der Waals surface area contributed by atoms with Crippen LogP contribution < -0.4 is 5.32 Å². The monoisotopic (exact) mass is 219 g/mol. The van der Waals surface area contributed by atoms with Crippen molar-refractivity contribution in [1.82, 2.24) is 5.32 Å². The maximum Gasteiger partial charge on any atom is 0.126 e. The first-order chi connectivity index (χ1) is 7.86. The van der Waals surface area contributed by atoms with Crippen molar-refractivity contribution in [2.45, 2.75) is 44.6 Å². The molecule has 1 aliphatic heterocycles. The standard InChI is InChI=1S/C14H18FN/c15-13-8-7-12(14-6-3-9-16-14)10-4-1-2-5-11(10)13/h7-8,14,16H,1-6,9H2/t14-/m0/s1. The zero-order valence-electron chi connectivity index (χ0n) is 9.56. The van der Waals surface area contributed by atoms with Crippen LogP contribution in [0.2, 0.25) is 0 Å². The quantitative estimate of drug-likeness (QED) is 0.765. The van der Waals surface area contributed by atoms with Crippen LogP contribution in [0.4, 0.5) is 4.39 Å². The van der Waals surface area contributed by atoms with Gasteiger partial charge >= 0.3 is 0 Å². The van der Waals surface area contributed by atoms with E-state index in [-0.39, 0.29) is 5.82 Å². The number of hydrogen-bond acceptors (Lipinski definition) is 1. The van der Waals surface area contributed by atoms with Gasteiger partial charge in [0.1, 0.15) is 5.82 Å². The Kier molecular flexibility index (Phi) is 2.68. The molecule has 2 aliphatic rings. The third-order valence-electron chi connectivity index (χ3n) is 3.95. The lowest BCUT2D eigenvalue weighted by atomic mass is 9.85. The van der Waals surface area contributed by atoms with Gasteiger partial charge in [0.15, 0.2) is 0 Å². The summed E-state index contributed by atoms with van der Waals surface area (Å²) in [4.78, 5) is 0. The molecule has 0 spiro atoms. The highest BCUT2D eigenvalue weighted by Gasteiger charge is 2.23. The molecule has 0 amide bonds. The first-order valence-electron chi connectivity index (χ1n) is 6.40. The van der Waals surface area contributed by atoms with E-state index in [0.29, 0.717) is 6.04 Å². The van der Waals surface area contributed by atoms with Crippen molar-refractivity contribution in [2.24, 2.45) is 0 Å². The van der Waals surface area contributed by atoms with E-state index in [1.54, 1.807) is 6.07 Å². The number of benzene rings is 1. The highest BCUT2D eigenvalue weighted by molar-refractivity contribution is 5.40. The van der Waals surface area contributed by atoms with Crippen molar-refractivity contribution < 1.29 is 4.39 Å². The molecule has 1 fully saturated rings. The Balaban J connectivity index is 2.04. The van der Waals surface area contributed by atoms with Crippen molar-refractivity contribution in [3.63, 3.8) is 0 Å². The molecular weight excluding hydrogens is 201 g/mol. The van der Waals surface area contributed by atoms with E-state index in [2.05, 4.69) is 5.32 Å². The van der Waals surface area contributed by atoms with E-state index in [9.17, 15) is 4.39 Å². The average molecular weight is 219 g/mol. The third kappa shape index (κ3) is 1.65. The summed E-state index contributed by atoms with van der Waals surface area (Å²) in [5, 5.41) is 3.52. The minimum atomic E-state index is 0.0106. The molecule has 1 atom stereocenters. The second-order valence-corrected chi connectivity index (χ2v) is 4.95. The topological polar surface area (TPSA) is 12.0 Å². The molecular formula is C14H18FN. The average Bonchev–Trinajstić information content (AvgIpc) is 2.83. The molecule has 0 aromatic heterocycles. The first kappa shape index (κ1) is 10.3. The molecule has 1 heterocycles. The number of hydrogen-bond donors (Lipinski definition) is 1. The van der Waals surface area contributed by atoms with Gasteiger partial charge in [-0.15, -0.1) is 0 Å². The van der Waals surface area contributed by atoms with Crippen LogP contribution in [0.15, 0.2) is 12.1 Å². The van der Waals surface area contributed by atoms with Gasteiger partial charge in [0.05, 0.1) is 0 Å². The van der Waals surface area contributed by atoms with Gasteiger partial charge in [-0.2, -0.15) is 0 Å². The SMILES string of the molecule is Fc1ccc([C@@H]2CCCN2)c2c1CCCC2. The van der Waals surface area contributed by atoms with Gasteiger partial charge in [0.25, 0.3) is 0 Å². The van der Waals surface area contributed by atoms with Crippen LogP contribution in [0, 0.1) is 5.82 Å². The molecule has 1 nitrogen and oxygen atoms in total. The van der Waals surface area contributed by atoms with Crippen molar-refractivity contribution in [3.05, 3.63) is 34.6 Å². The molecule has 0 radical (unpaired) electrons. The Bertz CT molecular complexity index is 394. The van der Waals surface area contributed by atoms with Crippen LogP contribution in [-0.2, 0) is 12.8 Å². The largest absolute Gasteiger partial charge is 0.310 e. The summed E-state index contributed by atoms with van der Waals surface area (Å²) in [6.45, 7) is 1.11. The fraction of sp³-hybridized carbons (Fsp3) is 0.571. The molecule has 1 aromatic rings. The molecule has 1 aliphatic carbocycles. The van der Waals surface area contributed by atoms with E-state index in [1.807, 2.05) is 6.07 Å². The van der Waals surface area contributed by atoms with Crippen LogP contribution in [0.1, 0.15) is 48.4 Å². The minimum absolute atomic E-state index is 0.0106. The molecule has 0 unspecified atom stereocenters. The summed E-state index contributed by atoms with van der Waals surface area (Å²) in [6, 6.07) is 4.15. The van der Waals surface area contributed by atoms with E-state index in [1.165, 1.54) is 30.4 Å². The molecule has 1 saturated heterocycles. The Morgan fingerprint density at radius 3 is 2.62 bits per heavy atom. The molecule has 16 heavy (non-hydrogen) atoms. The van der Waals surface area contributed by atoms with Crippen LogP contribution in [0.5, 0.6) is 0 Å². The fourth-order valence-corrected chi connectivity index (χ4v) is 3.13.